The fourth-order valence-corrected chi connectivity index (χ4v) is 4.83. The zero-order chi connectivity index (χ0) is 24.9. The molecule has 2 amide bonds. The summed E-state index contributed by atoms with van der Waals surface area (Å²) in [4.78, 5) is 32.1. The summed E-state index contributed by atoms with van der Waals surface area (Å²) in [5.41, 5.74) is 5.60. The van der Waals surface area contributed by atoms with Gasteiger partial charge in [0.1, 0.15) is 0 Å². The molecule has 35 heavy (non-hydrogen) atoms. The number of carbonyl (C=O) groups excluding carboxylic acids is 2. The molecule has 1 atom stereocenters. The number of benzene rings is 3. The maximum absolute atomic E-state index is 13.5. The maximum atomic E-state index is 13.5. The molecule has 0 aromatic heterocycles. The van der Waals surface area contributed by atoms with Gasteiger partial charge in [-0.1, -0.05) is 36.4 Å². The lowest BCUT2D eigenvalue weighted by atomic mass is 10.0. The quantitative estimate of drug-likeness (QED) is 0.544. The van der Waals surface area contributed by atoms with E-state index >= 15 is 0 Å². The molecule has 1 heterocycles. The Morgan fingerprint density at radius 3 is 2.34 bits per heavy atom. The van der Waals surface area contributed by atoms with Gasteiger partial charge in [0.2, 0.25) is 5.91 Å². The standard InChI is InChI=1S/C29H34N4O2/c1-21-10-5-7-12-25(21)32(4)20-28(34)30-23-17-15-22(16-18-23)29(35)33-19-9-14-26(31(2)3)24-11-6-8-13-27(24)33/h5-8,10-13,15-18,26H,9,14,19-20H2,1-4H3,(H,30,34). The SMILES string of the molecule is Cc1ccccc1N(C)CC(=O)Nc1ccc(C(=O)N2CCCC(N(C)C)c3ccccc32)cc1. The smallest absolute Gasteiger partial charge is 0.258 e. The number of nitrogens with one attached hydrogen (secondary N) is 1. The van der Waals surface area contributed by atoms with Crippen LogP contribution in [0.3, 0.4) is 0 Å². The van der Waals surface area contributed by atoms with Crippen LogP contribution in [-0.2, 0) is 4.79 Å². The van der Waals surface area contributed by atoms with Crippen LogP contribution in [0.4, 0.5) is 17.1 Å². The van der Waals surface area contributed by atoms with Crippen molar-refractivity contribution in [2.75, 3.05) is 49.3 Å². The van der Waals surface area contributed by atoms with Gasteiger partial charge in [-0.15, -0.1) is 0 Å². The lowest BCUT2D eigenvalue weighted by Crippen LogP contribution is -2.32. The molecule has 0 saturated carbocycles. The van der Waals surface area contributed by atoms with Gasteiger partial charge in [-0.25, -0.2) is 0 Å². The van der Waals surface area contributed by atoms with Crippen LogP contribution in [-0.4, -0.2) is 50.9 Å². The van der Waals surface area contributed by atoms with Crippen molar-refractivity contribution in [1.29, 1.82) is 0 Å². The third-order valence-electron chi connectivity index (χ3n) is 6.64. The molecule has 1 aliphatic rings. The number of hydrogen-bond acceptors (Lipinski definition) is 4. The fourth-order valence-electron chi connectivity index (χ4n) is 4.83. The Bertz CT molecular complexity index is 1190. The van der Waals surface area contributed by atoms with Crippen molar-refractivity contribution in [1.82, 2.24) is 4.90 Å². The number of fused-ring (bicyclic) bond motifs is 1. The molecule has 1 N–H and O–H groups in total. The van der Waals surface area contributed by atoms with E-state index in [4.69, 9.17) is 0 Å². The van der Waals surface area contributed by atoms with Gasteiger partial charge in [0.25, 0.3) is 5.91 Å². The van der Waals surface area contributed by atoms with Gasteiger partial charge < -0.3 is 20.0 Å². The minimum absolute atomic E-state index is 0.0194. The first-order chi connectivity index (χ1) is 16.8. The molecule has 0 bridgehead atoms. The van der Waals surface area contributed by atoms with Crippen LogP contribution in [0.5, 0.6) is 0 Å². The molecule has 4 rings (SSSR count). The topological polar surface area (TPSA) is 55.9 Å². The number of hydrogen-bond donors (Lipinski definition) is 1. The van der Waals surface area contributed by atoms with Gasteiger partial charge in [0.05, 0.1) is 6.54 Å². The highest BCUT2D eigenvalue weighted by Gasteiger charge is 2.27. The highest BCUT2D eigenvalue weighted by molar-refractivity contribution is 6.07. The molecule has 0 fully saturated rings. The Labute approximate surface area is 208 Å². The van der Waals surface area contributed by atoms with Crippen LogP contribution in [0.15, 0.2) is 72.8 Å². The number of nitrogens with zero attached hydrogens (tertiary/aromatic N) is 3. The molecule has 3 aromatic rings. The normalized spacial score (nSPS) is 15.3. The van der Waals surface area contributed by atoms with Crippen molar-refractivity contribution < 1.29 is 9.59 Å². The Kier molecular flexibility index (Phi) is 7.51. The van der Waals surface area contributed by atoms with Gasteiger partial charge in [-0.3, -0.25) is 9.59 Å². The van der Waals surface area contributed by atoms with Gasteiger partial charge in [-0.2, -0.15) is 0 Å². The molecule has 6 heteroatoms. The predicted molar refractivity (Wildman–Crippen MR) is 143 cm³/mol. The average molecular weight is 471 g/mol. The number of para-hydroxylation sites is 2. The molecule has 182 valence electrons. The van der Waals surface area contributed by atoms with E-state index in [1.54, 1.807) is 24.3 Å². The third-order valence-corrected chi connectivity index (χ3v) is 6.64. The van der Waals surface area contributed by atoms with Crippen LogP contribution in [0.1, 0.15) is 40.4 Å². The van der Waals surface area contributed by atoms with Gasteiger partial charge in [0.15, 0.2) is 0 Å². The van der Waals surface area contributed by atoms with Crippen molar-refractivity contribution >= 4 is 28.9 Å². The van der Waals surface area contributed by atoms with Crippen molar-refractivity contribution in [3.05, 3.63) is 89.5 Å². The summed E-state index contributed by atoms with van der Waals surface area (Å²) in [6.07, 6.45) is 1.95. The highest BCUT2D eigenvalue weighted by Crippen LogP contribution is 2.36. The summed E-state index contributed by atoms with van der Waals surface area (Å²) in [5.74, 6) is -0.125. The van der Waals surface area contributed by atoms with Crippen LogP contribution >= 0.6 is 0 Å². The summed E-state index contributed by atoms with van der Waals surface area (Å²) in [5, 5.41) is 2.94. The van der Waals surface area contributed by atoms with Crippen LogP contribution in [0.2, 0.25) is 0 Å². The summed E-state index contributed by atoms with van der Waals surface area (Å²) in [6, 6.07) is 23.6. The summed E-state index contributed by atoms with van der Waals surface area (Å²) in [7, 11) is 6.08. The number of rotatable bonds is 6. The lowest BCUT2D eigenvalue weighted by Gasteiger charge is -2.27. The van der Waals surface area contributed by atoms with Gasteiger partial charge in [-0.05, 0) is 81.4 Å². The van der Waals surface area contributed by atoms with E-state index in [0.717, 1.165) is 29.8 Å². The molecule has 0 aliphatic carbocycles. The highest BCUT2D eigenvalue weighted by atomic mass is 16.2. The molecule has 0 spiro atoms. The maximum Gasteiger partial charge on any atom is 0.258 e. The number of amides is 2. The number of anilines is 3. The Hall–Kier alpha value is -3.64. The second kappa shape index (κ2) is 10.7. The van der Waals surface area contributed by atoms with E-state index in [9.17, 15) is 9.59 Å². The molecule has 3 aromatic carbocycles. The molecular formula is C29H34N4O2. The van der Waals surface area contributed by atoms with E-state index in [2.05, 4.69) is 30.4 Å². The van der Waals surface area contributed by atoms with Crippen molar-refractivity contribution in [2.24, 2.45) is 0 Å². The van der Waals surface area contributed by atoms with E-state index in [0.29, 0.717) is 23.8 Å². The molecule has 0 radical (unpaired) electrons. The van der Waals surface area contributed by atoms with Crippen LogP contribution in [0.25, 0.3) is 0 Å². The Morgan fingerprint density at radius 2 is 1.63 bits per heavy atom. The molecule has 0 saturated heterocycles. The fraction of sp³-hybridized carbons (Fsp3) is 0.310. The van der Waals surface area contributed by atoms with E-state index in [1.807, 2.05) is 66.2 Å². The largest absolute Gasteiger partial charge is 0.365 e. The van der Waals surface area contributed by atoms with E-state index < -0.39 is 0 Å². The average Bonchev–Trinajstić information content (AvgIpc) is 3.04. The second-order valence-electron chi connectivity index (χ2n) is 9.41. The van der Waals surface area contributed by atoms with Gasteiger partial charge in [0, 0.05) is 42.3 Å². The first-order valence-corrected chi connectivity index (χ1v) is 12.1. The molecule has 1 aliphatic heterocycles. The van der Waals surface area contributed by atoms with Crippen molar-refractivity contribution in [3.8, 4) is 0 Å². The number of likely N-dealkylation sites (N-methyl/N-ethyl adjacent to an activating group) is 1. The van der Waals surface area contributed by atoms with E-state index in [-0.39, 0.29) is 18.4 Å². The van der Waals surface area contributed by atoms with Crippen molar-refractivity contribution in [2.45, 2.75) is 25.8 Å². The minimum Gasteiger partial charge on any atom is -0.365 e. The Balaban J connectivity index is 1.45. The Morgan fingerprint density at radius 1 is 0.943 bits per heavy atom. The van der Waals surface area contributed by atoms with Gasteiger partial charge >= 0.3 is 0 Å². The zero-order valence-corrected chi connectivity index (χ0v) is 21.0. The predicted octanol–water partition coefficient (Wildman–Crippen LogP) is 5.11. The summed E-state index contributed by atoms with van der Waals surface area (Å²) >= 11 is 0. The van der Waals surface area contributed by atoms with Crippen LogP contribution in [0, 0.1) is 6.92 Å². The third kappa shape index (κ3) is 5.54. The van der Waals surface area contributed by atoms with Crippen LogP contribution < -0.4 is 15.1 Å². The number of carbonyl (C=O) groups is 2. The summed E-state index contributed by atoms with van der Waals surface area (Å²) in [6.45, 7) is 2.95. The number of aryl methyl sites for hydroxylation is 1. The summed E-state index contributed by atoms with van der Waals surface area (Å²) < 4.78 is 0. The molecular weight excluding hydrogens is 436 g/mol. The zero-order valence-electron chi connectivity index (χ0n) is 21.0. The molecule has 6 nitrogen and oxygen atoms in total. The molecule has 1 unspecified atom stereocenters. The lowest BCUT2D eigenvalue weighted by molar-refractivity contribution is -0.114. The second-order valence-corrected chi connectivity index (χ2v) is 9.41. The minimum atomic E-state index is -0.106. The monoisotopic (exact) mass is 470 g/mol. The first-order valence-electron chi connectivity index (χ1n) is 12.1. The van der Waals surface area contributed by atoms with Crippen molar-refractivity contribution in [3.63, 3.8) is 0 Å². The first kappa shape index (κ1) is 24.5. The van der Waals surface area contributed by atoms with E-state index in [1.165, 1.54) is 5.56 Å².